The van der Waals surface area contributed by atoms with Crippen molar-refractivity contribution in [3.63, 3.8) is 0 Å². The Balaban J connectivity index is 2.27. The van der Waals surface area contributed by atoms with Crippen molar-refractivity contribution >= 4 is 5.69 Å². The molecule has 20 heavy (non-hydrogen) atoms. The summed E-state index contributed by atoms with van der Waals surface area (Å²) < 4.78 is 5.10. The van der Waals surface area contributed by atoms with Crippen LogP contribution in [0.3, 0.4) is 0 Å². The van der Waals surface area contributed by atoms with E-state index in [0.717, 1.165) is 16.9 Å². The summed E-state index contributed by atoms with van der Waals surface area (Å²) in [6.07, 6.45) is 0. The molecular formula is C16H16N2O2. The van der Waals surface area contributed by atoms with Crippen LogP contribution in [0.25, 0.3) is 0 Å². The highest BCUT2D eigenvalue weighted by molar-refractivity contribution is 5.62. The standard InChI is InChI=1S/C16H16N2O2/c1-11-4-3-5-15(19)16(11)18-14(10-17)12-6-8-13(20-2)9-7-12/h3-9,14,18-19H,1-2H3/t14-/m0/s1. The van der Waals surface area contributed by atoms with Crippen LogP contribution in [0.15, 0.2) is 42.5 Å². The second-order valence-corrected chi connectivity index (χ2v) is 4.45. The van der Waals surface area contributed by atoms with E-state index < -0.39 is 6.04 Å². The molecule has 2 aromatic rings. The quantitative estimate of drug-likeness (QED) is 0.834. The monoisotopic (exact) mass is 268 g/mol. The van der Waals surface area contributed by atoms with Gasteiger partial charge in [-0.2, -0.15) is 5.26 Å². The van der Waals surface area contributed by atoms with Gasteiger partial charge in [-0.1, -0.05) is 24.3 Å². The van der Waals surface area contributed by atoms with Gasteiger partial charge in [-0.15, -0.1) is 0 Å². The molecule has 0 amide bonds. The molecule has 2 N–H and O–H groups in total. The first-order valence-corrected chi connectivity index (χ1v) is 6.24. The maximum Gasteiger partial charge on any atom is 0.140 e. The van der Waals surface area contributed by atoms with Gasteiger partial charge >= 0.3 is 0 Å². The van der Waals surface area contributed by atoms with Crippen LogP contribution in [0.2, 0.25) is 0 Å². The van der Waals surface area contributed by atoms with E-state index in [1.807, 2.05) is 25.1 Å². The fraction of sp³-hybridized carbons (Fsp3) is 0.188. The summed E-state index contributed by atoms with van der Waals surface area (Å²) in [5.41, 5.74) is 2.28. The molecule has 0 bridgehead atoms. The third-order valence-electron chi connectivity index (χ3n) is 3.12. The van der Waals surface area contributed by atoms with Crippen molar-refractivity contribution < 1.29 is 9.84 Å². The average Bonchev–Trinajstić information content (AvgIpc) is 2.47. The first-order chi connectivity index (χ1) is 9.65. The Bertz CT molecular complexity index is 610. The number of rotatable bonds is 4. The van der Waals surface area contributed by atoms with Crippen molar-refractivity contribution in [1.82, 2.24) is 0 Å². The Kier molecular flexibility index (Phi) is 4.11. The lowest BCUT2D eigenvalue weighted by atomic mass is 10.1. The highest BCUT2D eigenvalue weighted by Gasteiger charge is 2.13. The van der Waals surface area contributed by atoms with Crippen molar-refractivity contribution in [2.45, 2.75) is 13.0 Å². The van der Waals surface area contributed by atoms with Crippen LogP contribution in [-0.4, -0.2) is 12.2 Å². The summed E-state index contributed by atoms with van der Waals surface area (Å²) in [4.78, 5) is 0. The SMILES string of the molecule is COc1ccc([C@H](C#N)Nc2c(C)cccc2O)cc1. The molecule has 0 aliphatic heterocycles. The topological polar surface area (TPSA) is 65.3 Å². The third-order valence-corrected chi connectivity index (χ3v) is 3.12. The van der Waals surface area contributed by atoms with Gasteiger partial charge in [0.1, 0.15) is 17.5 Å². The van der Waals surface area contributed by atoms with Gasteiger partial charge in [0.25, 0.3) is 0 Å². The summed E-state index contributed by atoms with van der Waals surface area (Å²) in [5.74, 6) is 0.878. The number of para-hydroxylation sites is 1. The van der Waals surface area contributed by atoms with E-state index in [4.69, 9.17) is 4.74 Å². The summed E-state index contributed by atoms with van der Waals surface area (Å²) >= 11 is 0. The molecule has 2 aromatic carbocycles. The zero-order valence-corrected chi connectivity index (χ0v) is 11.4. The maximum atomic E-state index is 9.87. The number of benzene rings is 2. The highest BCUT2D eigenvalue weighted by Crippen LogP contribution is 2.30. The molecule has 102 valence electrons. The van der Waals surface area contributed by atoms with Crippen molar-refractivity contribution in [1.29, 1.82) is 5.26 Å². The Morgan fingerprint density at radius 1 is 1.20 bits per heavy atom. The molecule has 2 rings (SSSR count). The second-order valence-electron chi connectivity index (χ2n) is 4.45. The number of nitrogens with zero attached hydrogens (tertiary/aromatic N) is 1. The number of methoxy groups -OCH3 is 1. The van der Waals surface area contributed by atoms with Crippen molar-refractivity contribution in [2.24, 2.45) is 0 Å². The predicted octanol–water partition coefficient (Wildman–Crippen LogP) is 3.39. The van der Waals surface area contributed by atoms with Crippen LogP contribution in [0.5, 0.6) is 11.5 Å². The summed E-state index contributed by atoms with van der Waals surface area (Å²) in [7, 11) is 1.60. The Hall–Kier alpha value is -2.67. The van der Waals surface area contributed by atoms with Crippen LogP contribution in [-0.2, 0) is 0 Å². The van der Waals surface area contributed by atoms with E-state index in [1.54, 1.807) is 31.4 Å². The highest BCUT2D eigenvalue weighted by atomic mass is 16.5. The molecule has 0 aliphatic rings. The zero-order chi connectivity index (χ0) is 14.5. The van der Waals surface area contributed by atoms with Gasteiger partial charge in [-0.25, -0.2) is 0 Å². The minimum absolute atomic E-state index is 0.138. The van der Waals surface area contributed by atoms with E-state index in [9.17, 15) is 10.4 Å². The van der Waals surface area contributed by atoms with Gasteiger partial charge < -0.3 is 15.2 Å². The number of phenolic OH excluding ortho intramolecular Hbond substituents is 1. The number of hydrogen-bond acceptors (Lipinski definition) is 4. The number of nitrogens with one attached hydrogen (secondary N) is 1. The minimum atomic E-state index is -0.534. The molecule has 0 unspecified atom stereocenters. The van der Waals surface area contributed by atoms with Crippen molar-refractivity contribution in [2.75, 3.05) is 12.4 Å². The number of ether oxygens (including phenoxy) is 1. The Labute approximate surface area is 118 Å². The summed E-state index contributed by atoms with van der Waals surface area (Å²) in [5, 5.41) is 22.3. The van der Waals surface area contributed by atoms with Crippen LogP contribution >= 0.6 is 0 Å². The van der Waals surface area contributed by atoms with Gasteiger partial charge in [0.05, 0.1) is 18.9 Å². The first kappa shape index (κ1) is 13.8. The van der Waals surface area contributed by atoms with Gasteiger partial charge in [-0.05, 0) is 36.2 Å². The minimum Gasteiger partial charge on any atom is -0.506 e. The van der Waals surface area contributed by atoms with E-state index in [2.05, 4.69) is 11.4 Å². The molecule has 0 saturated heterocycles. The lowest BCUT2D eigenvalue weighted by Crippen LogP contribution is -2.09. The van der Waals surface area contributed by atoms with Crippen LogP contribution in [0.4, 0.5) is 5.69 Å². The number of anilines is 1. The van der Waals surface area contributed by atoms with Gasteiger partial charge in [-0.3, -0.25) is 0 Å². The van der Waals surface area contributed by atoms with Crippen LogP contribution < -0.4 is 10.1 Å². The molecule has 4 heteroatoms. The van der Waals surface area contributed by atoms with Gasteiger partial charge in [0.15, 0.2) is 0 Å². The molecule has 4 nitrogen and oxygen atoms in total. The van der Waals surface area contributed by atoms with E-state index >= 15 is 0 Å². The normalized spacial score (nSPS) is 11.4. The predicted molar refractivity (Wildman–Crippen MR) is 77.8 cm³/mol. The largest absolute Gasteiger partial charge is 0.506 e. The second kappa shape index (κ2) is 5.98. The zero-order valence-electron chi connectivity index (χ0n) is 11.4. The lowest BCUT2D eigenvalue weighted by molar-refractivity contribution is 0.414. The van der Waals surface area contributed by atoms with E-state index in [-0.39, 0.29) is 5.75 Å². The number of aromatic hydroxyl groups is 1. The smallest absolute Gasteiger partial charge is 0.140 e. The maximum absolute atomic E-state index is 9.87. The number of nitriles is 1. The molecule has 0 radical (unpaired) electrons. The molecule has 0 fully saturated rings. The fourth-order valence-electron chi connectivity index (χ4n) is 1.97. The third kappa shape index (κ3) is 2.83. The van der Waals surface area contributed by atoms with E-state index in [0.29, 0.717) is 5.69 Å². The van der Waals surface area contributed by atoms with Crippen LogP contribution in [0, 0.1) is 18.3 Å². The number of aryl methyl sites for hydroxylation is 1. The average molecular weight is 268 g/mol. The van der Waals surface area contributed by atoms with E-state index in [1.165, 1.54) is 0 Å². The molecule has 0 aromatic heterocycles. The summed E-state index contributed by atoms with van der Waals surface area (Å²) in [6, 6.07) is 14.2. The van der Waals surface area contributed by atoms with Crippen molar-refractivity contribution in [3.8, 4) is 17.6 Å². The lowest BCUT2D eigenvalue weighted by Gasteiger charge is -2.16. The molecular weight excluding hydrogens is 252 g/mol. The van der Waals surface area contributed by atoms with Gasteiger partial charge in [0, 0.05) is 0 Å². The number of hydrogen-bond donors (Lipinski definition) is 2. The van der Waals surface area contributed by atoms with Crippen molar-refractivity contribution in [3.05, 3.63) is 53.6 Å². The fourth-order valence-corrected chi connectivity index (χ4v) is 1.97. The van der Waals surface area contributed by atoms with Crippen LogP contribution in [0.1, 0.15) is 17.2 Å². The Morgan fingerprint density at radius 2 is 1.90 bits per heavy atom. The first-order valence-electron chi connectivity index (χ1n) is 6.24. The number of phenols is 1. The molecule has 0 aliphatic carbocycles. The molecule has 1 atom stereocenters. The molecule has 0 heterocycles. The molecule has 0 spiro atoms. The Morgan fingerprint density at radius 3 is 2.45 bits per heavy atom. The molecule has 0 saturated carbocycles. The van der Waals surface area contributed by atoms with Gasteiger partial charge in [0.2, 0.25) is 0 Å². The summed E-state index contributed by atoms with van der Waals surface area (Å²) in [6.45, 7) is 1.88.